The Morgan fingerprint density at radius 1 is 1.00 bits per heavy atom. The van der Waals surface area contributed by atoms with Crippen molar-refractivity contribution in [3.8, 4) is 5.75 Å². The summed E-state index contributed by atoms with van der Waals surface area (Å²) in [7, 11) is -4.32. The number of carbonyl (C=O) groups excluding carboxylic acids is 1. The summed E-state index contributed by atoms with van der Waals surface area (Å²) in [5, 5.41) is 13.3. The molecule has 0 aromatic heterocycles. The average molecular weight is 416 g/mol. The molecular weight excluding hydrogens is 403 g/mol. The van der Waals surface area contributed by atoms with E-state index in [0.717, 1.165) is 18.2 Å². The molecular formula is C19H13FN2O6S. The third kappa shape index (κ3) is 4.93. The first-order chi connectivity index (χ1) is 13.7. The Morgan fingerprint density at radius 3 is 2.45 bits per heavy atom. The molecule has 0 unspecified atom stereocenters. The van der Waals surface area contributed by atoms with E-state index < -0.39 is 26.8 Å². The Bertz CT molecular complexity index is 1200. The summed E-state index contributed by atoms with van der Waals surface area (Å²) in [6, 6.07) is 15.0. The van der Waals surface area contributed by atoms with Gasteiger partial charge in [0.25, 0.3) is 11.6 Å². The highest BCUT2D eigenvalue weighted by Crippen LogP contribution is 2.24. The molecule has 3 aromatic rings. The average Bonchev–Trinajstić information content (AvgIpc) is 2.68. The van der Waals surface area contributed by atoms with Crippen LogP contribution in [0.3, 0.4) is 0 Å². The minimum Gasteiger partial charge on any atom is -0.379 e. The fraction of sp³-hybridized carbons (Fsp3) is 0. The Hall–Kier alpha value is -3.79. The van der Waals surface area contributed by atoms with Gasteiger partial charge >= 0.3 is 10.1 Å². The second-order valence-corrected chi connectivity index (χ2v) is 7.33. The van der Waals surface area contributed by atoms with E-state index in [-0.39, 0.29) is 27.6 Å². The second kappa shape index (κ2) is 8.07. The molecule has 0 saturated carbocycles. The molecule has 3 aromatic carbocycles. The van der Waals surface area contributed by atoms with Crippen LogP contribution in [0.15, 0.2) is 77.7 Å². The topological polar surface area (TPSA) is 116 Å². The summed E-state index contributed by atoms with van der Waals surface area (Å²) in [5.74, 6) is -1.44. The van der Waals surface area contributed by atoms with Gasteiger partial charge in [0.1, 0.15) is 16.5 Å². The van der Waals surface area contributed by atoms with Gasteiger partial charge in [-0.05, 0) is 42.5 Å². The van der Waals surface area contributed by atoms with Gasteiger partial charge in [0, 0.05) is 17.3 Å². The van der Waals surface area contributed by atoms with Gasteiger partial charge in [0.05, 0.1) is 11.0 Å². The van der Waals surface area contributed by atoms with Gasteiger partial charge in [-0.15, -0.1) is 0 Å². The SMILES string of the molecule is O=C(Nc1cccc(S(=O)(=O)Oc2cccc([N+](=O)[O-])c2)c1)c1cccc(F)c1. The molecule has 1 N–H and O–H groups in total. The van der Waals surface area contributed by atoms with Crippen molar-refractivity contribution in [2.75, 3.05) is 5.32 Å². The maximum atomic E-state index is 13.3. The molecule has 8 nitrogen and oxygen atoms in total. The van der Waals surface area contributed by atoms with E-state index in [1.54, 1.807) is 0 Å². The molecule has 0 radical (unpaired) electrons. The lowest BCUT2D eigenvalue weighted by Crippen LogP contribution is -2.14. The summed E-state index contributed by atoms with van der Waals surface area (Å²) in [6.07, 6.45) is 0. The lowest BCUT2D eigenvalue weighted by molar-refractivity contribution is -0.384. The predicted octanol–water partition coefficient (Wildman–Crippen LogP) is 3.75. The van der Waals surface area contributed by atoms with Crippen LogP contribution >= 0.6 is 0 Å². The Labute approximate surface area is 164 Å². The van der Waals surface area contributed by atoms with Gasteiger partial charge in [-0.3, -0.25) is 14.9 Å². The van der Waals surface area contributed by atoms with Crippen LogP contribution < -0.4 is 9.50 Å². The monoisotopic (exact) mass is 416 g/mol. The molecule has 1 amide bonds. The van der Waals surface area contributed by atoms with Crippen molar-refractivity contribution in [2.24, 2.45) is 0 Å². The fourth-order valence-electron chi connectivity index (χ4n) is 2.39. The van der Waals surface area contributed by atoms with Crippen LogP contribution in [-0.4, -0.2) is 19.2 Å². The van der Waals surface area contributed by atoms with Crippen molar-refractivity contribution in [1.82, 2.24) is 0 Å². The highest BCUT2D eigenvalue weighted by molar-refractivity contribution is 7.87. The molecule has 10 heteroatoms. The summed E-state index contributed by atoms with van der Waals surface area (Å²) in [4.78, 5) is 22.1. The van der Waals surface area contributed by atoms with Crippen LogP contribution in [-0.2, 0) is 10.1 Å². The van der Waals surface area contributed by atoms with Crippen LogP contribution in [0.25, 0.3) is 0 Å². The van der Waals surface area contributed by atoms with E-state index in [4.69, 9.17) is 4.18 Å². The van der Waals surface area contributed by atoms with Crippen molar-refractivity contribution < 1.29 is 26.7 Å². The number of carbonyl (C=O) groups is 1. The molecule has 148 valence electrons. The molecule has 0 aliphatic rings. The van der Waals surface area contributed by atoms with Crippen molar-refractivity contribution in [1.29, 1.82) is 0 Å². The largest absolute Gasteiger partial charge is 0.379 e. The van der Waals surface area contributed by atoms with Gasteiger partial charge < -0.3 is 9.50 Å². The number of amides is 1. The Balaban J connectivity index is 1.81. The number of nitro groups is 1. The molecule has 0 aliphatic carbocycles. The van der Waals surface area contributed by atoms with Crippen LogP contribution in [0, 0.1) is 15.9 Å². The minimum atomic E-state index is -4.32. The van der Waals surface area contributed by atoms with Crippen LogP contribution in [0.1, 0.15) is 10.4 Å². The number of hydrogen-bond donors (Lipinski definition) is 1. The number of rotatable bonds is 6. The van der Waals surface area contributed by atoms with Gasteiger partial charge in [0.2, 0.25) is 0 Å². The lowest BCUT2D eigenvalue weighted by atomic mass is 10.2. The highest BCUT2D eigenvalue weighted by atomic mass is 32.2. The van der Waals surface area contributed by atoms with Crippen LogP contribution in [0.5, 0.6) is 5.75 Å². The minimum absolute atomic E-state index is 0.0612. The van der Waals surface area contributed by atoms with Crippen molar-refractivity contribution >= 4 is 27.4 Å². The van der Waals surface area contributed by atoms with Crippen molar-refractivity contribution in [2.45, 2.75) is 4.90 Å². The Morgan fingerprint density at radius 2 is 1.72 bits per heavy atom. The highest BCUT2D eigenvalue weighted by Gasteiger charge is 2.19. The number of benzene rings is 3. The van der Waals surface area contributed by atoms with E-state index in [1.165, 1.54) is 54.6 Å². The maximum absolute atomic E-state index is 13.3. The lowest BCUT2D eigenvalue weighted by Gasteiger charge is -2.09. The third-order valence-corrected chi connectivity index (χ3v) is 4.94. The number of anilines is 1. The normalized spacial score (nSPS) is 10.9. The van der Waals surface area contributed by atoms with E-state index in [9.17, 15) is 27.7 Å². The second-order valence-electron chi connectivity index (χ2n) is 5.78. The standard InChI is InChI=1S/C19H13FN2O6S/c20-14-5-1-4-13(10-14)19(23)21-15-6-2-9-18(11-15)29(26,27)28-17-8-3-7-16(12-17)22(24)25/h1-12H,(H,21,23). The fourth-order valence-corrected chi connectivity index (χ4v) is 3.36. The van der Waals surface area contributed by atoms with E-state index in [2.05, 4.69) is 5.32 Å². The van der Waals surface area contributed by atoms with Crippen LogP contribution in [0.4, 0.5) is 15.8 Å². The smallest absolute Gasteiger partial charge is 0.339 e. The summed E-state index contributed by atoms with van der Waals surface area (Å²) < 4.78 is 43.2. The molecule has 0 saturated heterocycles. The Kier molecular flexibility index (Phi) is 5.55. The van der Waals surface area contributed by atoms with E-state index in [0.29, 0.717) is 0 Å². The molecule has 0 bridgehead atoms. The van der Waals surface area contributed by atoms with Crippen molar-refractivity contribution in [3.05, 3.63) is 94.3 Å². The van der Waals surface area contributed by atoms with Gasteiger partial charge in [-0.25, -0.2) is 4.39 Å². The van der Waals surface area contributed by atoms with E-state index >= 15 is 0 Å². The zero-order chi connectivity index (χ0) is 21.0. The molecule has 0 heterocycles. The molecule has 0 fully saturated rings. The molecule has 29 heavy (non-hydrogen) atoms. The van der Waals surface area contributed by atoms with Gasteiger partial charge in [-0.1, -0.05) is 18.2 Å². The van der Waals surface area contributed by atoms with Crippen LogP contribution in [0.2, 0.25) is 0 Å². The quantitative estimate of drug-likeness (QED) is 0.372. The summed E-state index contributed by atoms with van der Waals surface area (Å²) in [5.41, 5.74) is -0.122. The van der Waals surface area contributed by atoms with Crippen molar-refractivity contribution in [3.63, 3.8) is 0 Å². The first-order valence-corrected chi connectivity index (χ1v) is 9.51. The van der Waals surface area contributed by atoms with Gasteiger partial charge in [0.15, 0.2) is 0 Å². The van der Waals surface area contributed by atoms with Gasteiger partial charge in [-0.2, -0.15) is 8.42 Å². The number of halogens is 1. The number of hydrogen-bond acceptors (Lipinski definition) is 6. The zero-order valence-electron chi connectivity index (χ0n) is 14.6. The summed E-state index contributed by atoms with van der Waals surface area (Å²) >= 11 is 0. The summed E-state index contributed by atoms with van der Waals surface area (Å²) in [6.45, 7) is 0. The first-order valence-electron chi connectivity index (χ1n) is 8.10. The molecule has 3 rings (SSSR count). The molecule has 0 atom stereocenters. The number of nitrogens with one attached hydrogen (secondary N) is 1. The molecule has 0 aliphatic heterocycles. The van der Waals surface area contributed by atoms with E-state index in [1.807, 2.05) is 0 Å². The number of nitro benzene ring substituents is 1. The number of non-ortho nitro benzene ring substituents is 1. The molecule has 0 spiro atoms. The third-order valence-electron chi connectivity index (χ3n) is 3.70. The maximum Gasteiger partial charge on any atom is 0.339 e. The number of nitrogens with zero attached hydrogens (tertiary/aromatic N) is 1. The first kappa shape index (κ1) is 20.0. The predicted molar refractivity (Wildman–Crippen MR) is 102 cm³/mol. The zero-order valence-corrected chi connectivity index (χ0v) is 15.4.